The molecule has 10 heteroatoms. The van der Waals surface area contributed by atoms with Gasteiger partial charge in [-0.2, -0.15) is 0 Å². The number of rotatable bonds is 15. The molecule has 0 radical (unpaired) electrons. The molecule has 1 saturated heterocycles. The van der Waals surface area contributed by atoms with Crippen molar-refractivity contribution in [3.63, 3.8) is 0 Å². The number of carbonyl (C=O) groups excluding carboxylic acids is 4. The minimum atomic E-state index is -3.18. The van der Waals surface area contributed by atoms with E-state index in [1.165, 1.54) is 11.8 Å². The van der Waals surface area contributed by atoms with E-state index in [0.717, 1.165) is 22.3 Å². The number of hydrogen-bond donors (Lipinski definition) is 1. The van der Waals surface area contributed by atoms with Crippen LogP contribution in [0.5, 0.6) is 5.75 Å². The highest BCUT2D eigenvalue weighted by Crippen LogP contribution is 2.48. The van der Waals surface area contributed by atoms with Gasteiger partial charge in [0.2, 0.25) is 0 Å². The van der Waals surface area contributed by atoms with E-state index in [2.05, 4.69) is 5.32 Å². The third kappa shape index (κ3) is 7.43. The number of nitrogens with one attached hydrogen (secondary N) is 1. The van der Waals surface area contributed by atoms with Crippen molar-refractivity contribution in [1.82, 2.24) is 10.2 Å². The van der Waals surface area contributed by atoms with Crippen LogP contribution < -0.4 is 26.0 Å². The van der Waals surface area contributed by atoms with Crippen LogP contribution in [0.4, 0.5) is 0 Å². The first kappa shape index (κ1) is 34.4. The Bertz CT molecular complexity index is 1660. The van der Waals surface area contributed by atoms with Crippen molar-refractivity contribution in [3.05, 3.63) is 121 Å². The molecule has 9 nitrogen and oxygen atoms in total. The molecule has 4 aromatic carbocycles. The topological polar surface area (TPSA) is 111 Å². The van der Waals surface area contributed by atoms with Gasteiger partial charge in [-0.3, -0.25) is 19.3 Å². The standard InChI is InChI=1S/C38H39N2O7P/c1-3-4-25-45-38(44)37(48(30-19-11-6-12-20-30,31-21-13-7-14-22-31)32-23-15-8-16-24-32)40-35(43)34(36(40)47-26-28(2)41)39-33(42)27-46-29-17-9-5-10-18-29/h5-24,34,36H,3-4,25-27H2,1-2H3,(H,39,42)/t34-,36-/m0/s1. The molecule has 0 unspecified atom stereocenters. The molecule has 0 saturated carbocycles. The predicted molar refractivity (Wildman–Crippen MR) is 187 cm³/mol. The van der Waals surface area contributed by atoms with E-state index < -0.39 is 36.9 Å². The van der Waals surface area contributed by atoms with Crippen LogP contribution in [-0.4, -0.2) is 66.0 Å². The number of esters is 1. The maximum absolute atomic E-state index is 14.6. The molecule has 1 fully saturated rings. The Morgan fingerprint density at radius 1 is 0.750 bits per heavy atom. The summed E-state index contributed by atoms with van der Waals surface area (Å²) in [6, 6.07) is 36.4. The first-order valence-corrected chi connectivity index (χ1v) is 17.7. The van der Waals surface area contributed by atoms with Crippen LogP contribution >= 0.6 is 6.89 Å². The number of Topliss-reactive ketones (excluding diaryl/α,β-unsaturated/α-hetero) is 1. The third-order valence-corrected chi connectivity index (χ3v) is 12.1. The number of unbranched alkanes of at least 4 members (excludes halogenated alkanes) is 1. The second-order valence-corrected chi connectivity index (χ2v) is 14.6. The van der Waals surface area contributed by atoms with Gasteiger partial charge in [0.25, 0.3) is 11.8 Å². The maximum atomic E-state index is 14.6. The number of ketones is 1. The fourth-order valence-electron chi connectivity index (χ4n) is 5.62. The Morgan fingerprint density at radius 2 is 1.25 bits per heavy atom. The van der Waals surface area contributed by atoms with E-state index in [4.69, 9.17) is 14.2 Å². The number of benzene rings is 4. The van der Waals surface area contributed by atoms with Crippen LogP contribution in [0.3, 0.4) is 0 Å². The largest absolute Gasteiger partial charge is 0.484 e. The molecule has 248 valence electrons. The monoisotopic (exact) mass is 666 g/mol. The van der Waals surface area contributed by atoms with Crippen molar-refractivity contribution in [3.8, 4) is 5.75 Å². The smallest absolute Gasteiger partial charge is 0.356 e. The molecule has 1 heterocycles. The van der Waals surface area contributed by atoms with Gasteiger partial charge in [0, 0.05) is 6.89 Å². The molecule has 1 aliphatic heterocycles. The van der Waals surface area contributed by atoms with E-state index >= 15 is 0 Å². The van der Waals surface area contributed by atoms with Crippen LogP contribution in [-0.2, 0) is 28.7 Å². The highest BCUT2D eigenvalue weighted by molar-refractivity contribution is 7.96. The summed E-state index contributed by atoms with van der Waals surface area (Å²) >= 11 is 0. The number of para-hydroxylation sites is 1. The van der Waals surface area contributed by atoms with Gasteiger partial charge in [-0.25, -0.2) is 4.79 Å². The van der Waals surface area contributed by atoms with Crippen LogP contribution in [0.2, 0.25) is 0 Å². The van der Waals surface area contributed by atoms with Gasteiger partial charge >= 0.3 is 5.97 Å². The number of likely N-dealkylation sites (tertiary alicyclic amines) is 1. The highest BCUT2D eigenvalue weighted by Gasteiger charge is 2.55. The number of ether oxygens (including phenoxy) is 3. The molecule has 48 heavy (non-hydrogen) atoms. The fourth-order valence-corrected chi connectivity index (χ4v) is 9.98. The summed E-state index contributed by atoms with van der Waals surface area (Å²) in [4.78, 5) is 55.5. The highest BCUT2D eigenvalue weighted by atomic mass is 31.2. The van der Waals surface area contributed by atoms with Gasteiger partial charge in [0.1, 0.15) is 17.8 Å². The van der Waals surface area contributed by atoms with E-state index in [0.29, 0.717) is 12.2 Å². The number of carbonyl (C=O) groups is 4. The van der Waals surface area contributed by atoms with E-state index in [-0.39, 0.29) is 31.0 Å². The van der Waals surface area contributed by atoms with Crippen molar-refractivity contribution in [2.75, 3.05) is 19.8 Å². The number of nitrogens with zero attached hydrogens (tertiary/aromatic N) is 1. The molecule has 1 N–H and O–H groups in total. The lowest BCUT2D eigenvalue weighted by atomic mass is 10.0. The minimum absolute atomic E-state index is 0.104. The third-order valence-electron chi connectivity index (χ3n) is 7.82. The van der Waals surface area contributed by atoms with Gasteiger partial charge in [0.05, 0.1) is 6.61 Å². The molecule has 0 aromatic heterocycles. The zero-order valence-electron chi connectivity index (χ0n) is 27.0. The van der Waals surface area contributed by atoms with Crippen molar-refractivity contribution in [1.29, 1.82) is 0 Å². The van der Waals surface area contributed by atoms with E-state index in [1.54, 1.807) is 24.3 Å². The Labute approximate surface area is 280 Å². The van der Waals surface area contributed by atoms with Gasteiger partial charge in [-0.05, 0) is 41.4 Å². The van der Waals surface area contributed by atoms with Crippen LogP contribution in [0.1, 0.15) is 26.7 Å². The summed E-state index contributed by atoms with van der Waals surface area (Å²) in [6.07, 6.45) is 0.252. The van der Waals surface area contributed by atoms with Crippen LogP contribution in [0.15, 0.2) is 121 Å². The van der Waals surface area contributed by atoms with Gasteiger partial charge in [0.15, 0.2) is 24.7 Å². The molecule has 4 aromatic rings. The fraction of sp³-hybridized carbons (Fsp3) is 0.237. The molecule has 1 aliphatic rings. The second kappa shape index (κ2) is 16.2. The molecule has 2 amide bonds. The van der Waals surface area contributed by atoms with Crippen LogP contribution in [0, 0.1) is 0 Å². The maximum Gasteiger partial charge on any atom is 0.356 e. The first-order chi connectivity index (χ1) is 23.4. The predicted octanol–water partition coefficient (Wildman–Crippen LogP) is 3.79. The van der Waals surface area contributed by atoms with Crippen LogP contribution in [0.25, 0.3) is 0 Å². The Morgan fingerprint density at radius 3 is 1.73 bits per heavy atom. The molecular weight excluding hydrogens is 627 g/mol. The van der Waals surface area contributed by atoms with Crippen molar-refractivity contribution < 1.29 is 33.4 Å². The van der Waals surface area contributed by atoms with Gasteiger partial charge in [-0.1, -0.05) is 123 Å². The molecule has 2 atom stereocenters. The quantitative estimate of drug-likeness (QED) is 0.0890. The molecule has 0 bridgehead atoms. The van der Waals surface area contributed by atoms with Crippen molar-refractivity contribution in [2.24, 2.45) is 0 Å². The summed E-state index contributed by atoms with van der Waals surface area (Å²) in [5, 5.41) is 5.15. The van der Waals surface area contributed by atoms with Gasteiger partial charge in [-0.15, -0.1) is 0 Å². The zero-order valence-corrected chi connectivity index (χ0v) is 27.9. The average Bonchev–Trinajstić information content (AvgIpc) is 3.12. The second-order valence-electron chi connectivity index (χ2n) is 11.2. The number of amides is 2. The zero-order chi connectivity index (χ0) is 33.9. The SMILES string of the molecule is CCCCOC(=O)C(N1C(=O)[C@H](NC(=O)COc2ccccc2)[C@@H]1OCC(C)=O)=P(c1ccccc1)(c1ccccc1)c1ccccc1. The first-order valence-electron chi connectivity index (χ1n) is 15.9. The van der Waals surface area contributed by atoms with Crippen molar-refractivity contribution in [2.45, 2.75) is 39.0 Å². The Balaban J connectivity index is 1.70. The molecule has 0 aliphatic carbocycles. The molecular formula is C38H39N2O7P. The molecule has 0 spiro atoms. The lowest BCUT2D eigenvalue weighted by Crippen LogP contribution is -2.74. The minimum Gasteiger partial charge on any atom is -0.484 e. The average molecular weight is 667 g/mol. The summed E-state index contributed by atoms with van der Waals surface area (Å²) in [6.45, 7) is -0.363. The lowest BCUT2D eigenvalue weighted by molar-refractivity contribution is -0.175. The number of hydrogen-bond acceptors (Lipinski definition) is 7. The summed E-state index contributed by atoms with van der Waals surface area (Å²) in [5.74, 6) is -1.58. The van der Waals surface area contributed by atoms with Crippen molar-refractivity contribution >= 4 is 51.8 Å². The lowest BCUT2D eigenvalue weighted by Gasteiger charge is -2.49. The summed E-state index contributed by atoms with van der Waals surface area (Å²) < 4.78 is 17.6. The Hall–Kier alpha value is -4.98. The van der Waals surface area contributed by atoms with Gasteiger partial charge < -0.3 is 19.5 Å². The molecule has 5 rings (SSSR count). The normalized spacial score (nSPS) is 15.6. The Kier molecular flexibility index (Phi) is 11.6. The number of β-lactam (4-membered cyclic amide) rings is 1. The van der Waals surface area contributed by atoms with E-state index in [9.17, 15) is 19.2 Å². The summed E-state index contributed by atoms with van der Waals surface area (Å²) in [7, 11) is 0. The van der Waals surface area contributed by atoms with E-state index in [1.807, 2.05) is 104 Å². The summed E-state index contributed by atoms with van der Waals surface area (Å²) in [5.41, 5.74) is 0.104.